The van der Waals surface area contributed by atoms with E-state index in [1.807, 2.05) is 0 Å². The van der Waals surface area contributed by atoms with Gasteiger partial charge in [-0.3, -0.25) is 4.79 Å². The Hall–Kier alpha value is 0.380. The van der Waals surface area contributed by atoms with Crippen molar-refractivity contribution in [1.29, 1.82) is 0 Å². The Kier molecular flexibility index (Phi) is 26.5. The summed E-state index contributed by atoms with van der Waals surface area (Å²) in [5.74, 6) is -0.358. The van der Waals surface area contributed by atoms with Crippen molar-refractivity contribution < 1.29 is 47.3 Å². The fraction of sp³-hybridized carbons (Fsp3) is 0.960. The molecule has 0 N–H and O–H groups in total. The van der Waals surface area contributed by atoms with Gasteiger partial charge in [0.2, 0.25) is 5.91 Å². The molecule has 0 spiro atoms. The quantitative estimate of drug-likeness (QED) is 0.126. The number of rotatable bonds is 23. The Labute approximate surface area is 221 Å². The maximum atomic E-state index is 12.0. The summed E-state index contributed by atoms with van der Waals surface area (Å²) < 4.78 is 31.7. The molecule has 0 rings (SSSR count). The Morgan fingerprint density at radius 3 is 1.34 bits per heavy atom. The average molecular weight is 484 g/mol. The molecule has 0 aliphatic heterocycles. The molecule has 0 heterocycles. The van der Waals surface area contributed by atoms with Gasteiger partial charge in [0.25, 0.3) is 0 Å². The predicted molar refractivity (Wildman–Crippen MR) is 130 cm³/mol. The molecule has 0 saturated carbocycles. The van der Waals surface area contributed by atoms with Gasteiger partial charge in [-0.2, -0.15) is 0 Å². The van der Waals surface area contributed by atoms with Crippen LogP contribution in [-0.4, -0.2) is 43.1 Å². The molecule has 0 aromatic carbocycles. The van der Waals surface area contributed by atoms with Crippen LogP contribution < -0.4 is 29.6 Å². The normalized spacial score (nSPS) is 11.3. The first-order valence-electron chi connectivity index (χ1n) is 13.0. The van der Waals surface area contributed by atoms with Gasteiger partial charge in [0.05, 0.1) is 10.1 Å². The van der Waals surface area contributed by atoms with Crippen LogP contribution in [0.4, 0.5) is 0 Å². The number of amides is 1. The van der Waals surface area contributed by atoms with Crippen LogP contribution >= 0.6 is 0 Å². The monoisotopic (exact) mass is 483 g/mol. The maximum absolute atomic E-state index is 12.0. The Balaban J connectivity index is 0. The first-order chi connectivity index (χ1) is 14.9. The molecule has 0 aliphatic carbocycles. The van der Waals surface area contributed by atoms with Gasteiger partial charge in [-0.15, -0.1) is 0 Å². The van der Waals surface area contributed by atoms with E-state index in [9.17, 15) is 17.8 Å². The van der Waals surface area contributed by atoms with Crippen LogP contribution in [0.2, 0.25) is 0 Å². The van der Waals surface area contributed by atoms with Crippen molar-refractivity contribution >= 4 is 16.0 Å². The number of nitrogens with zero attached hydrogens (tertiary/aromatic N) is 1. The summed E-state index contributed by atoms with van der Waals surface area (Å²) in [7, 11) is -2.50. The van der Waals surface area contributed by atoms with Gasteiger partial charge in [0, 0.05) is 25.8 Å². The molecule has 0 saturated heterocycles. The van der Waals surface area contributed by atoms with Crippen molar-refractivity contribution in [3.8, 4) is 0 Å². The minimum Gasteiger partial charge on any atom is -0.748 e. The third kappa shape index (κ3) is 26.6. The van der Waals surface area contributed by atoms with Gasteiger partial charge in [-0.25, -0.2) is 8.42 Å². The first kappa shape index (κ1) is 34.5. The molecule has 0 bridgehead atoms. The molecule has 32 heavy (non-hydrogen) atoms. The first-order valence-corrected chi connectivity index (χ1v) is 14.6. The number of hydrogen-bond donors (Lipinski definition) is 0. The largest absolute Gasteiger partial charge is 1.00 e. The minimum atomic E-state index is -4.18. The molecule has 1 amide bonds. The van der Waals surface area contributed by atoms with Gasteiger partial charge < -0.3 is 9.45 Å². The van der Waals surface area contributed by atoms with E-state index in [1.54, 1.807) is 11.9 Å². The molecule has 0 aromatic heterocycles. The number of hydrogen-bond acceptors (Lipinski definition) is 4. The van der Waals surface area contributed by atoms with E-state index >= 15 is 0 Å². The molecular weight excluding hydrogens is 433 g/mol. The van der Waals surface area contributed by atoms with Crippen LogP contribution in [-0.2, 0) is 14.9 Å². The summed E-state index contributed by atoms with van der Waals surface area (Å²) in [6, 6.07) is 0. The van der Waals surface area contributed by atoms with Crippen LogP contribution in [0.25, 0.3) is 0 Å². The van der Waals surface area contributed by atoms with Crippen molar-refractivity contribution in [3.63, 3.8) is 0 Å². The molecular formula is C25H50NNaO4S. The molecule has 186 valence electrons. The summed E-state index contributed by atoms with van der Waals surface area (Å²) >= 11 is 0. The van der Waals surface area contributed by atoms with E-state index in [4.69, 9.17) is 0 Å². The second-order valence-electron chi connectivity index (χ2n) is 9.19. The number of carbonyl (C=O) groups excluding carboxylic acids is 1. The summed E-state index contributed by atoms with van der Waals surface area (Å²) in [5.41, 5.74) is 0. The van der Waals surface area contributed by atoms with Crippen LogP contribution in [0.1, 0.15) is 135 Å². The standard InChI is InChI=1S/C25H51NO4S.Na/c1-3-4-5-6-7-8-9-10-11-12-13-14-15-16-17-18-19-20-22-25(27)26(2)23-21-24-31(28,29)30;/h3-24H2,1-2H3,(H,28,29,30);/q;+1/p-1. The summed E-state index contributed by atoms with van der Waals surface area (Å²) in [6.07, 6.45) is 24.6. The third-order valence-corrected chi connectivity index (χ3v) is 6.85. The Bertz CT molecular complexity index is 514. The second-order valence-corrected chi connectivity index (χ2v) is 10.7. The van der Waals surface area contributed by atoms with Crippen molar-refractivity contribution in [3.05, 3.63) is 0 Å². The molecule has 0 atom stereocenters. The fourth-order valence-corrected chi connectivity index (χ4v) is 4.45. The van der Waals surface area contributed by atoms with E-state index in [0.717, 1.165) is 12.8 Å². The maximum Gasteiger partial charge on any atom is 1.00 e. The van der Waals surface area contributed by atoms with Gasteiger partial charge in [0.1, 0.15) is 0 Å². The van der Waals surface area contributed by atoms with Crippen LogP contribution in [0.3, 0.4) is 0 Å². The molecule has 0 aromatic rings. The molecule has 0 fully saturated rings. The zero-order valence-electron chi connectivity index (χ0n) is 21.5. The number of carbonyl (C=O) groups is 1. The second kappa shape index (κ2) is 24.5. The van der Waals surface area contributed by atoms with Gasteiger partial charge in [0.15, 0.2) is 0 Å². The molecule has 0 radical (unpaired) electrons. The van der Waals surface area contributed by atoms with Crippen LogP contribution in [0.15, 0.2) is 0 Å². The van der Waals surface area contributed by atoms with Gasteiger partial charge in [-0.1, -0.05) is 116 Å². The van der Waals surface area contributed by atoms with Crippen LogP contribution in [0.5, 0.6) is 0 Å². The predicted octanol–water partition coefficient (Wildman–Crippen LogP) is 3.82. The minimum absolute atomic E-state index is 0. The van der Waals surface area contributed by atoms with E-state index in [1.165, 1.54) is 103 Å². The number of unbranched alkanes of at least 4 members (excludes halogenated alkanes) is 17. The van der Waals surface area contributed by atoms with E-state index in [0.29, 0.717) is 13.0 Å². The van der Waals surface area contributed by atoms with Crippen molar-refractivity contribution in [2.45, 2.75) is 135 Å². The van der Waals surface area contributed by atoms with Crippen molar-refractivity contribution in [1.82, 2.24) is 4.90 Å². The molecule has 7 heteroatoms. The molecule has 0 aliphatic rings. The summed E-state index contributed by atoms with van der Waals surface area (Å²) in [4.78, 5) is 13.5. The van der Waals surface area contributed by atoms with Crippen LogP contribution in [0, 0.1) is 0 Å². The smallest absolute Gasteiger partial charge is 0.748 e. The summed E-state index contributed by atoms with van der Waals surface area (Å²) in [5, 5.41) is 0. The average Bonchev–Trinajstić information content (AvgIpc) is 2.71. The third-order valence-electron chi connectivity index (χ3n) is 6.06. The Morgan fingerprint density at radius 1 is 0.656 bits per heavy atom. The van der Waals surface area contributed by atoms with Gasteiger partial charge in [-0.05, 0) is 12.8 Å². The van der Waals surface area contributed by atoms with E-state index in [2.05, 4.69) is 6.92 Å². The van der Waals surface area contributed by atoms with E-state index in [-0.39, 0.29) is 41.9 Å². The Morgan fingerprint density at radius 2 is 1.00 bits per heavy atom. The topological polar surface area (TPSA) is 77.5 Å². The molecule has 0 unspecified atom stereocenters. The van der Waals surface area contributed by atoms with Gasteiger partial charge >= 0.3 is 29.6 Å². The summed E-state index contributed by atoms with van der Waals surface area (Å²) in [6.45, 7) is 2.60. The zero-order valence-corrected chi connectivity index (χ0v) is 24.4. The van der Waals surface area contributed by atoms with Crippen molar-refractivity contribution in [2.75, 3.05) is 19.3 Å². The SMILES string of the molecule is CCCCCCCCCCCCCCCCCCCCC(=O)N(C)CCCS(=O)(=O)[O-].[Na+]. The van der Waals surface area contributed by atoms with E-state index < -0.39 is 15.9 Å². The van der Waals surface area contributed by atoms with Crippen molar-refractivity contribution in [2.24, 2.45) is 0 Å². The molecule has 5 nitrogen and oxygen atoms in total. The zero-order chi connectivity index (χ0) is 23.2. The fourth-order valence-electron chi connectivity index (χ4n) is 3.97.